The zero-order valence-corrected chi connectivity index (χ0v) is 19.9. The van der Waals surface area contributed by atoms with Crippen LogP contribution >= 0.6 is 24.0 Å². The number of amides is 2. The minimum absolute atomic E-state index is 0.0541. The lowest BCUT2D eigenvalue weighted by Gasteiger charge is -2.24. The summed E-state index contributed by atoms with van der Waals surface area (Å²) in [6, 6.07) is 27.5. The zero-order valence-electron chi connectivity index (χ0n) is 18.3. The second-order valence-corrected chi connectivity index (χ2v) is 9.47. The molecule has 3 aromatic rings. The fourth-order valence-corrected chi connectivity index (χ4v) is 4.86. The smallest absolute Gasteiger partial charge is 0.266 e. The predicted octanol–water partition coefficient (Wildman–Crippen LogP) is 5.82. The van der Waals surface area contributed by atoms with E-state index < -0.39 is 0 Å². The second kappa shape index (κ2) is 10.6. The maximum absolute atomic E-state index is 13.2. The van der Waals surface area contributed by atoms with Gasteiger partial charge in [-0.05, 0) is 36.3 Å². The molecule has 2 amide bonds. The van der Waals surface area contributed by atoms with Crippen LogP contribution in [0.15, 0.2) is 89.8 Å². The molecule has 33 heavy (non-hydrogen) atoms. The van der Waals surface area contributed by atoms with Crippen molar-refractivity contribution in [2.45, 2.75) is 19.9 Å². The van der Waals surface area contributed by atoms with Gasteiger partial charge in [0.15, 0.2) is 0 Å². The minimum atomic E-state index is -0.146. The van der Waals surface area contributed by atoms with Gasteiger partial charge in [0, 0.05) is 18.7 Å². The Morgan fingerprint density at radius 2 is 1.61 bits per heavy atom. The molecule has 1 aliphatic heterocycles. The van der Waals surface area contributed by atoms with Crippen LogP contribution in [-0.4, -0.2) is 27.6 Å². The van der Waals surface area contributed by atoms with Gasteiger partial charge in [0.2, 0.25) is 5.91 Å². The highest BCUT2D eigenvalue weighted by molar-refractivity contribution is 8.26. The van der Waals surface area contributed by atoms with Crippen molar-refractivity contribution in [2.75, 3.05) is 11.4 Å². The van der Waals surface area contributed by atoms with Gasteiger partial charge in [0.1, 0.15) is 4.32 Å². The third kappa shape index (κ3) is 5.78. The Morgan fingerprint density at radius 3 is 2.27 bits per heavy atom. The Hall–Kier alpha value is -3.22. The summed E-state index contributed by atoms with van der Waals surface area (Å²) < 4.78 is 0.487. The van der Waals surface area contributed by atoms with Crippen LogP contribution in [0.5, 0.6) is 0 Å². The molecule has 1 aliphatic rings. The summed E-state index contributed by atoms with van der Waals surface area (Å²) in [5, 5.41) is 0. The van der Waals surface area contributed by atoms with Crippen LogP contribution in [0.25, 0.3) is 6.08 Å². The molecule has 0 atom stereocenters. The van der Waals surface area contributed by atoms with Crippen LogP contribution in [0.1, 0.15) is 23.1 Å². The van der Waals surface area contributed by atoms with Gasteiger partial charge in [-0.3, -0.25) is 14.5 Å². The Morgan fingerprint density at radius 1 is 0.970 bits per heavy atom. The molecule has 0 unspecified atom stereocenters. The Bertz CT molecular complexity index is 1180. The second-order valence-electron chi connectivity index (χ2n) is 7.80. The molecule has 4 rings (SSSR count). The van der Waals surface area contributed by atoms with Crippen molar-refractivity contribution < 1.29 is 9.59 Å². The van der Waals surface area contributed by atoms with Gasteiger partial charge in [-0.25, -0.2) is 0 Å². The first-order valence-corrected chi connectivity index (χ1v) is 11.9. The van der Waals surface area contributed by atoms with E-state index in [1.807, 2.05) is 97.9 Å². The Balaban J connectivity index is 1.46. The molecule has 0 bridgehead atoms. The van der Waals surface area contributed by atoms with Crippen molar-refractivity contribution in [1.82, 2.24) is 4.90 Å². The number of benzene rings is 3. The highest BCUT2D eigenvalue weighted by Gasteiger charge is 2.32. The summed E-state index contributed by atoms with van der Waals surface area (Å²) in [6.07, 6.45) is 2.04. The van der Waals surface area contributed by atoms with Crippen molar-refractivity contribution >= 4 is 51.9 Å². The standard InChI is InChI=1S/C27H24N2O2S2/c1-20-12-14-21(15-13-20)18-24-26(31)28(27(32)33-24)17-16-25(30)29(23-10-6-3-7-11-23)19-22-8-4-2-5-9-22/h2-15,18H,16-17,19H2,1H3. The van der Waals surface area contributed by atoms with E-state index in [-0.39, 0.29) is 24.8 Å². The maximum atomic E-state index is 13.2. The van der Waals surface area contributed by atoms with Gasteiger partial charge in [0.25, 0.3) is 5.91 Å². The summed E-state index contributed by atoms with van der Waals surface area (Å²) in [5.41, 5.74) is 3.99. The molecule has 1 saturated heterocycles. The lowest BCUT2D eigenvalue weighted by Crippen LogP contribution is -2.36. The molecule has 4 nitrogen and oxygen atoms in total. The number of thioether (sulfide) groups is 1. The number of para-hydroxylation sites is 1. The number of hydrogen-bond donors (Lipinski definition) is 0. The fourth-order valence-electron chi connectivity index (χ4n) is 3.55. The first-order chi connectivity index (χ1) is 16.0. The van der Waals surface area contributed by atoms with E-state index in [4.69, 9.17) is 12.2 Å². The van der Waals surface area contributed by atoms with Crippen molar-refractivity contribution in [1.29, 1.82) is 0 Å². The predicted molar refractivity (Wildman–Crippen MR) is 140 cm³/mol. The number of carbonyl (C=O) groups excluding carboxylic acids is 2. The van der Waals surface area contributed by atoms with Crippen molar-refractivity contribution in [3.05, 3.63) is 107 Å². The zero-order chi connectivity index (χ0) is 23.2. The average molecular weight is 473 g/mol. The maximum Gasteiger partial charge on any atom is 0.266 e. The number of anilines is 1. The van der Waals surface area contributed by atoms with E-state index in [1.54, 1.807) is 4.90 Å². The van der Waals surface area contributed by atoms with Crippen LogP contribution in [-0.2, 0) is 16.1 Å². The van der Waals surface area contributed by atoms with Crippen LogP contribution in [0.2, 0.25) is 0 Å². The van der Waals surface area contributed by atoms with Crippen LogP contribution in [0.4, 0.5) is 5.69 Å². The lowest BCUT2D eigenvalue weighted by molar-refractivity contribution is -0.123. The molecule has 1 heterocycles. The van der Waals surface area contributed by atoms with Gasteiger partial charge >= 0.3 is 0 Å². The molecule has 0 N–H and O–H groups in total. The van der Waals surface area contributed by atoms with Crippen molar-refractivity contribution in [3.63, 3.8) is 0 Å². The van der Waals surface area contributed by atoms with Crippen LogP contribution < -0.4 is 4.90 Å². The molecule has 166 valence electrons. The normalized spacial score (nSPS) is 14.7. The summed E-state index contributed by atoms with van der Waals surface area (Å²) >= 11 is 6.73. The monoisotopic (exact) mass is 472 g/mol. The topological polar surface area (TPSA) is 40.6 Å². The lowest BCUT2D eigenvalue weighted by atomic mass is 10.1. The molecule has 0 radical (unpaired) electrons. The molecule has 3 aromatic carbocycles. The van der Waals surface area contributed by atoms with Gasteiger partial charge in [-0.1, -0.05) is 102 Å². The number of thiocarbonyl (C=S) groups is 1. The summed E-state index contributed by atoms with van der Waals surface area (Å²) in [6.45, 7) is 2.75. The van der Waals surface area contributed by atoms with Gasteiger partial charge in [-0.15, -0.1) is 0 Å². The van der Waals surface area contributed by atoms with E-state index in [0.717, 1.165) is 22.4 Å². The Kier molecular flexibility index (Phi) is 7.37. The molecule has 0 aromatic heterocycles. The number of rotatable bonds is 7. The first kappa shape index (κ1) is 23.0. The minimum Gasteiger partial charge on any atom is -0.308 e. The SMILES string of the molecule is Cc1ccc(C=C2SC(=S)N(CCC(=O)N(Cc3ccccc3)c3ccccc3)C2=O)cc1. The van der Waals surface area contributed by atoms with Crippen molar-refractivity contribution in [2.24, 2.45) is 0 Å². The highest BCUT2D eigenvalue weighted by Crippen LogP contribution is 2.33. The third-order valence-corrected chi connectivity index (χ3v) is 6.73. The number of aryl methyl sites for hydroxylation is 1. The molecule has 6 heteroatoms. The molecular formula is C27H24N2O2S2. The van der Waals surface area contributed by atoms with Crippen LogP contribution in [0.3, 0.4) is 0 Å². The molecule has 0 saturated carbocycles. The summed E-state index contributed by atoms with van der Waals surface area (Å²) in [4.78, 5) is 30.1. The summed E-state index contributed by atoms with van der Waals surface area (Å²) in [5.74, 6) is -0.200. The first-order valence-electron chi connectivity index (χ1n) is 10.7. The number of carbonyl (C=O) groups is 2. The number of nitrogens with zero attached hydrogens (tertiary/aromatic N) is 2. The Labute approximate surface area is 203 Å². The van der Waals surface area contributed by atoms with E-state index in [0.29, 0.717) is 15.8 Å². The highest BCUT2D eigenvalue weighted by atomic mass is 32.2. The fraction of sp³-hybridized carbons (Fsp3) is 0.148. The van der Waals surface area contributed by atoms with Gasteiger partial charge < -0.3 is 4.90 Å². The van der Waals surface area contributed by atoms with Crippen molar-refractivity contribution in [3.8, 4) is 0 Å². The third-order valence-electron chi connectivity index (χ3n) is 5.35. The molecular weight excluding hydrogens is 448 g/mol. The van der Waals surface area contributed by atoms with Gasteiger partial charge in [0.05, 0.1) is 11.4 Å². The van der Waals surface area contributed by atoms with E-state index in [2.05, 4.69) is 0 Å². The molecule has 0 aliphatic carbocycles. The molecule has 1 fully saturated rings. The number of hydrogen-bond acceptors (Lipinski definition) is 4. The largest absolute Gasteiger partial charge is 0.308 e. The summed E-state index contributed by atoms with van der Waals surface area (Å²) in [7, 11) is 0. The molecule has 0 spiro atoms. The van der Waals surface area contributed by atoms with E-state index >= 15 is 0 Å². The van der Waals surface area contributed by atoms with Crippen LogP contribution in [0, 0.1) is 6.92 Å². The van der Waals surface area contributed by atoms with E-state index in [1.165, 1.54) is 16.7 Å². The van der Waals surface area contributed by atoms with Gasteiger partial charge in [-0.2, -0.15) is 0 Å². The van der Waals surface area contributed by atoms with E-state index in [9.17, 15) is 9.59 Å². The quantitative estimate of drug-likeness (QED) is 0.321. The average Bonchev–Trinajstić information content (AvgIpc) is 3.10.